The number of hydrogen-bond acceptors (Lipinski definition) is 5. The molecule has 118 valence electrons. The molecule has 0 saturated heterocycles. The summed E-state index contributed by atoms with van der Waals surface area (Å²) in [6.07, 6.45) is 3.76. The minimum atomic E-state index is 0.539. The Kier molecular flexibility index (Phi) is 5.33. The third-order valence-corrected chi connectivity index (χ3v) is 3.71. The van der Waals surface area contributed by atoms with Crippen molar-refractivity contribution in [3.8, 4) is 0 Å². The van der Waals surface area contributed by atoms with Crippen LogP contribution in [0.1, 0.15) is 23.1 Å². The Bertz CT molecular complexity index is 637. The summed E-state index contributed by atoms with van der Waals surface area (Å²) < 4.78 is 0. The van der Waals surface area contributed by atoms with E-state index < -0.39 is 0 Å². The molecule has 0 bridgehead atoms. The number of nitrogens with two attached hydrogens (primary N) is 1. The summed E-state index contributed by atoms with van der Waals surface area (Å²) in [5, 5.41) is 3.20. The molecule has 5 nitrogen and oxygen atoms in total. The van der Waals surface area contributed by atoms with Gasteiger partial charge < -0.3 is 16.0 Å². The maximum atomic E-state index is 6.04. The van der Waals surface area contributed by atoms with Crippen LogP contribution in [0.15, 0.2) is 24.4 Å². The lowest BCUT2D eigenvalue weighted by Crippen LogP contribution is -2.14. The number of benzene rings is 1. The van der Waals surface area contributed by atoms with Crippen molar-refractivity contribution in [2.24, 2.45) is 0 Å². The molecule has 0 radical (unpaired) electrons. The standard InChI is InChI=1S/C17H25N5/c1-12-7-8-15(10-13(12)2)20-17-19-11-14(16(18)21-17)6-5-9-22(3)4/h7-8,10-11H,5-6,9H2,1-4H3,(H3,18,19,20,21). The first-order valence-electron chi connectivity index (χ1n) is 7.56. The van der Waals surface area contributed by atoms with Gasteiger partial charge in [0.05, 0.1) is 0 Å². The second kappa shape index (κ2) is 7.22. The fourth-order valence-corrected chi connectivity index (χ4v) is 2.21. The highest BCUT2D eigenvalue weighted by Crippen LogP contribution is 2.19. The molecule has 22 heavy (non-hydrogen) atoms. The van der Waals surface area contributed by atoms with Crippen molar-refractivity contribution in [2.45, 2.75) is 26.7 Å². The van der Waals surface area contributed by atoms with E-state index in [-0.39, 0.29) is 0 Å². The number of rotatable bonds is 6. The number of nitrogens with zero attached hydrogens (tertiary/aromatic N) is 3. The molecule has 0 fully saturated rings. The Morgan fingerprint density at radius 1 is 1.18 bits per heavy atom. The summed E-state index contributed by atoms with van der Waals surface area (Å²) in [4.78, 5) is 10.9. The Morgan fingerprint density at radius 3 is 2.59 bits per heavy atom. The number of hydrogen-bond donors (Lipinski definition) is 2. The van der Waals surface area contributed by atoms with E-state index in [0.717, 1.165) is 30.6 Å². The molecule has 0 aliphatic heterocycles. The summed E-state index contributed by atoms with van der Waals surface area (Å²) >= 11 is 0. The molecule has 0 amide bonds. The fourth-order valence-electron chi connectivity index (χ4n) is 2.21. The monoisotopic (exact) mass is 299 g/mol. The number of anilines is 3. The number of nitrogen functional groups attached to an aromatic ring is 1. The highest BCUT2D eigenvalue weighted by Gasteiger charge is 2.05. The van der Waals surface area contributed by atoms with E-state index in [2.05, 4.69) is 60.3 Å². The van der Waals surface area contributed by atoms with Crippen molar-refractivity contribution in [3.05, 3.63) is 41.1 Å². The van der Waals surface area contributed by atoms with Gasteiger partial charge in [-0.2, -0.15) is 4.98 Å². The number of aryl methyl sites for hydroxylation is 3. The zero-order valence-corrected chi connectivity index (χ0v) is 13.8. The molecule has 5 heteroatoms. The van der Waals surface area contributed by atoms with E-state index in [0.29, 0.717) is 11.8 Å². The molecule has 0 saturated carbocycles. The lowest BCUT2D eigenvalue weighted by atomic mass is 10.1. The predicted octanol–water partition coefficient (Wildman–Crippen LogP) is 2.91. The topological polar surface area (TPSA) is 67.1 Å². The van der Waals surface area contributed by atoms with E-state index in [9.17, 15) is 0 Å². The first kappa shape index (κ1) is 16.2. The Labute approximate surface area is 132 Å². The van der Waals surface area contributed by atoms with Crippen molar-refractivity contribution in [3.63, 3.8) is 0 Å². The van der Waals surface area contributed by atoms with Gasteiger partial charge in [-0.3, -0.25) is 0 Å². The van der Waals surface area contributed by atoms with Gasteiger partial charge in [0.15, 0.2) is 0 Å². The van der Waals surface area contributed by atoms with Crippen molar-refractivity contribution in [1.29, 1.82) is 0 Å². The predicted molar refractivity (Wildman–Crippen MR) is 92.5 cm³/mol. The molecule has 0 atom stereocenters. The van der Waals surface area contributed by atoms with Crippen LogP contribution in [0.4, 0.5) is 17.5 Å². The van der Waals surface area contributed by atoms with Gasteiger partial charge in [-0.05, 0) is 70.6 Å². The molecular formula is C17H25N5. The molecule has 2 rings (SSSR count). The lowest BCUT2D eigenvalue weighted by molar-refractivity contribution is 0.400. The molecule has 3 N–H and O–H groups in total. The van der Waals surface area contributed by atoms with E-state index in [1.807, 2.05) is 12.3 Å². The van der Waals surface area contributed by atoms with Gasteiger partial charge in [0.2, 0.25) is 5.95 Å². The van der Waals surface area contributed by atoms with Gasteiger partial charge in [-0.25, -0.2) is 4.98 Å². The van der Waals surface area contributed by atoms with Gasteiger partial charge in [-0.1, -0.05) is 6.07 Å². The maximum Gasteiger partial charge on any atom is 0.229 e. The van der Waals surface area contributed by atoms with Crippen LogP contribution in [0.5, 0.6) is 0 Å². The molecule has 2 aromatic rings. The summed E-state index contributed by atoms with van der Waals surface area (Å²) in [5.74, 6) is 1.09. The molecule has 0 unspecified atom stereocenters. The summed E-state index contributed by atoms with van der Waals surface area (Å²) in [7, 11) is 4.13. The minimum absolute atomic E-state index is 0.539. The Balaban J connectivity index is 2.03. The molecule has 0 spiro atoms. The second-order valence-electron chi connectivity index (χ2n) is 5.93. The smallest absolute Gasteiger partial charge is 0.229 e. The largest absolute Gasteiger partial charge is 0.383 e. The third-order valence-electron chi connectivity index (χ3n) is 3.71. The molecule has 0 aliphatic carbocycles. The van der Waals surface area contributed by atoms with Gasteiger partial charge >= 0.3 is 0 Å². The summed E-state index contributed by atoms with van der Waals surface area (Å²) in [5.41, 5.74) is 10.5. The van der Waals surface area contributed by atoms with Crippen LogP contribution in [0.25, 0.3) is 0 Å². The van der Waals surface area contributed by atoms with Gasteiger partial charge in [0.1, 0.15) is 5.82 Å². The quantitative estimate of drug-likeness (QED) is 0.858. The second-order valence-corrected chi connectivity index (χ2v) is 5.93. The van der Waals surface area contributed by atoms with Crippen LogP contribution in [-0.4, -0.2) is 35.5 Å². The minimum Gasteiger partial charge on any atom is -0.383 e. The molecule has 0 aliphatic rings. The molecular weight excluding hydrogens is 274 g/mol. The average molecular weight is 299 g/mol. The van der Waals surface area contributed by atoms with Crippen LogP contribution in [0, 0.1) is 13.8 Å². The summed E-state index contributed by atoms with van der Waals surface area (Å²) in [6.45, 7) is 5.21. The summed E-state index contributed by atoms with van der Waals surface area (Å²) in [6, 6.07) is 6.18. The van der Waals surface area contributed by atoms with Crippen molar-refractivity contribution >= 4 is 17.5 Å². The first-order valence-corrected chi connectivity index (χ1v) is 7.56. The maximum absolute atomic E-state index is 6.04. The highest BCUT2D eigenvalue weighted by atomic mass is 15.1. The van der Waals surface area contributed by atoms with E-state index in [1.165, 1.54) is 11.1 Å². The van der Waals surface area contributed by atoms with Crippen molar-refractivity contribution in [2.75, 3.05) is 31.7 Å². The molecule has 1 aromatic carbocycles. The third kappa shape index (κ3) is 4.43. The normalized spacial score (nSPS) is 11.0. The van der Waals surface area contributed by atoms with Crippen LogP contribution in [-0.2, 0) is 6.42 Å². The number of nitrogens with one attached hydrogen (secondary N) is 1. The van der Waals surface area contributed by atoms with Crippen LogP contribution in [0.2, 0.25) is 0 Å². The van der Waals surface area contributed by atoms with Gasteiger partial charge in [0, 0.05) is 17.4 Å². The Hall–Kier alpha value is -2.14. The van der Waals surface area contributed by atoms with E-state index in [4.69, 9.17) is 5.73 Å². The molecule has 1 aromatic heterocycles. The van der Waals surface area contributed by atoms with E-state index in [1.54, 1.807) is 0 Å². The van der Waals surface area contributed by atoms with Crippen LogP contribution in [0.3, 0.4) is 0 Å². The average Bonchev–Trinajstić information content (AvgIpc) is 2.45. The lowest BCUT2D eigenvalue weighted by Gasteiger charge is -2.11. The zero-order chi connectivity index (χ0) is 16.1. The highest BCUT2D eigenvalue weighted by molar-refractivity contribution is 5.57. The van der Waals surface area contributed by atoms with Gasteiger partial charge in [0.25, 0.3) is 0 Å². The SMILES string of the molecule is Cc1ccc(Nc2ncc(CCCN(C)C)c(N)n2)cc1C. The van der Waals surface area contributed by atoms with Crippen molar-refractivity contribution in [1.82, 2.24) is 14.9 Å². The van der Waals surface area contributed by atoms with Crippen LogP contribution >= 0.6 is 0 Å². The van der Waals surface area contributed by atoms with Crippen molar-refractivity contribution < 1.29 is 0 Å². The number of aromatic nitrogens is 2. The Morgan fingerprint density at radius 2 is 1.95 bits per heavy atom. The zero-order valence-electron chi connectivity index (χ0n) is 13.8. The first-order chi connectivity index (χ1) is 10.5. The van der Waals surface area contributed by atoms with Gasteiger partial charge in [-0.15, -0.1) is 0 Å². The fraction of sp³-hybridized carbons (Fsp3) is 0.412. The van der Waals surface area contributed by atoms with E-state index >= 15 is 0 Å². The van der Waals surface area contributed by atoms with Crippen LogP contribution < -0.4 is 11.1 Å². The molecule has 1 heterocycles.